The molecular weight excluding hydrogens is 306 g/mol. The summed E-state index contributed by atoms with van der Waals surface area (Å²) in [5, 5.41) is 2.99. The SMILES string of the molecule is COc1ccc(CC(=O)NC(C)c2ccccc2OC)c(OC)c1. The molecule has 0 aliphatic rings. The Hall–Kier alpha value is -2.69. The lowest BCUT2D eigenvalue weighted by atomic mass is 10.1. The molecule has 0 aromatic heterocycles. The van der Waals surface area contributed by atoms with Gasteiger partial charge < -0.3 is 19.5 Å². The Morgan fingerprint density at radius 3 is 2.38 bits per heavy atom. The van der Waals surface area contributed by atoms with Crippen LogP contribution in [0.2, 0.25) is 0 Å². The Labute approximate surface area is 142 Å². The Morgan fingerprint density at radius 1 is 1.00 bits per heavy atom. The zero-order chi connectivity index (χ0) is 17.5. The average molecular weight is 329 g/mol. The van der Waals surface area contributed by atoms with Crippen molar-refractivity contribution < 1.29 is 19.0 Å². The molecule has 2 aromatic rings. The highest BCUT2D eigenvalue weighted by atomic mass is 16.5. The highest BCUT2D eigenvalue weighted by Crippen LogP contribution is 2.26. The van der Waals surface area contributed by atoms with E-state index in [1.54, 1.807) is 27.4 Å². The van der Waals surface area contributed by atoms with Crippen molar-refractivity contribution in [2.24, 2.45) is 0 Å². The van der Waals surface area contributed by atoms with Crippen molar-refractivity contribution in [2.75, 3.05) is 21.3 Å². The summed E-state index contributed by atoms with van der Waals surface area (Å²) in [6.07, 6.45) is 0.229. The predicted molar refractivity (Wildman–Crippen MR) is 92.8 cm³/mol. The van der Waals surface area contributed by atoms with Gasteiger partial charge in [0.15, 0.2) is 0 Å². The van der Waals surface area contributed by atoms with Gasteiger partial charge in [0.2, 0.25) is 5.91 Å². The van der Waals surface area contributed by atoms with Gasteiger partial charge in [0.05, 0.1) is 33.8 Å². The number of para-hydroxylation sites is 1. The maximum Gasteiger partial charge on any atom is 0.225 e. The van der Waals surface area contributed by atoms with Crippen LogP contribution in [0.4, 0.5) is 0 Å². The molecule has 128 valence electrons. The van der Waals surface area contributed by atoms with Crippen LogP contribution in [-0.4, -0.2) is 27.2 Å². The predicted octanol–water partition coefficient (Wildman–Crippen LogP) is 3.13. The van der Waals surface area contributed by atoms with Crippen LogP contribution < -0.4 is 19.5 Å². The topological polar surface area (TPSA) is 56.8 Å². The number of rotatable bonds is 7. The van der Waals surface area contributed by atoms with Crippen LogP contribution in [-0.2, 0) is 11.2 Å². The average Bonchev–Trinajstić information content (AvgIpc) is 2.61. The fourth-order valence-corrected chi connectivity index (χ4v) is 2.57. The van der Waals surface area contributed by atoms with E-state index in [4.69, 9.17) is 14.2 Å². The Balaban J connectivity index is 2.08. The third-order valence-electron chi connectivity index (χ3n) is 3.83. The van der Waals surface area contributed by atoms with E-state index in [9.17, 15) is 4.79 Å². The van der Waals surface area contributed by atoms with Crippen LogP contribution in [0.5, 0.6) is 17.2 Å². The maximum atomic E-state index is 12.4. The molecule has 0 radical (unpaired) electrons. The number of hydrogen-bond donors (Lipinski definition) is 1. The van der Waals surface area contributed by atoms with Gasteiger partial charge in [-0.2, -0.15) is 0 Å². The monoisotopic (exact) mass is 329 g/mol. The normalized spacial score (nSPS) is 11.5. The molecule has 0 spiro atoms. The number of nitrogens with one attached hydrogen (secondary N) is 1. The lowest BCUT2D eigenvalue weighted by Gasteiger charge is -2.18. The highest BCUT2D eigenvalue weighted by molar-refractivity contribution is 5.80. The van der Waals surface area contributed by atoms with Gasteiger partial charge in [-0.3, -0.25) is 4.79 Å². The molecule has 0 fully saturated rings. The van der Waals surface area contributed by atoms with E-state index in [0.717, 1.165) is 16.9 Å². The standard InChI is InChI=1S/C19H23NO4/c1-13(16-7-5-6-8-17(16)23-3)20-19(21)11-14-9-10-15(22-2)12-18(14)24-4/h5-10,12-13H,11H2,1-4H3,(H,20,21). The van der Waals surface area contributed by atoms with Gasteiger partial charge in [-0.1, -0.05) is 24.3 Å². The minimum absolute atomic E-state index is 0.0862. The first kappa shape index (κ1) is 17.7. The summed E-state index contributed by atoms with van der Waals surface area (Å²) in [6, 6.07) is 12.9. The Morgan fingerprint density at radius 2 is 1.71 bits per heavy atom. The van der Waals surface area contributed by atoms with E-state index < -0.39 is 0 Å². The number of ether oxygens (including phenoxy) is 3. The smallest absolute Gasteiger partial charge is 0.225 e. The van der Waals surface area contributed by atoms with Crippen molar-refractivity contribution in [3.8, 4) is 17.2 Å². The van der Waals surface area contributed by atoms with Gasteiger partial charge in [0, 0.05) is 17.2 Å². The second kappa shape index (κ2) is 8.24. The van der Waals surface area contributed by atoms with Gasteiger partial charge in [-0.15, -0.1) is 0 Å². The molecule has 2 aromatic carbocycles. The highest BCUT2D eigenvalue weighted by Gasteiger charge is 2.15. The number of carbonyl (C=O) groups is 1. The first-order chi connectivity index (χ1) is 11.6. The van der Waals surface area contributed by atoms with Crippen molar-refractivity contribution in [2.45, 2.75) is 19.4 Å². The third-order valence-corrected chi connectivity index (χ3v) is 3.83. The molecule has 2 rings (SSSR count). The summed E-state index contributed by atoms with van der Waals surface area (Å²) >= 11 is 0. The molecule has 0 aliphatic carbocycles. The molecular formula is C19H23NO4. The lowest BCUT2D eigenvalue weighted by Crippen LogP contribution is -2.28. The van der Waals surface area contributed by atoms with Crippen molar-refractivity contribution >= 4 is 5.91 Å². The molecule has 5 nitrogen and oxygen atoms in total. The second-order valence-electron chi connectivity index (χ2n) is 5.39. The summed E-state index contributed by atoms with van der Waals surface area (Å²) in [5.41, 5.74) is 1.75. The number of benzene rings is 2. The van der Waals surface area contributed by atoms with E-state index >= 15 is 0 Å². The summed E-state index contributed by atoms with van der Waals surface area (Å²) in [5.74, 6) is 2.00. The molecule has 1 N–H and O–H groups in total. The first-order valence-electron chi connectivity index (χ1n) is 7.72. The molecule has 0 bridgehead atoms. The van der Waals surface area contributed by atoms with Gasteiger partial charge in [0.25, 0.3) is 0 Å². The number of carbonyl (C=O) groups excluding carboxylic acids is 1. The van der Waals surface area contributed by atoms with Crippen molar-refractivity contribution in [3.05, 3.63) is 53.6 Å². The van der Waals surface area contributed by atoms with Crippen LogP contribution in [0.25, 0.3) is 0 Å². The summed E-state index contributed by atoms with van der Waals surface area (Å²) in [4.78, 5) is 12.4. The third kappa shape index (κ3) is 4.19. The molecule has 0 aliphatic heterocycles. The van der Waals surface area contributed by atoms with Crippen LogP contribution in [0.15, 0.2) is 42.5 Å². The summed E-state index contributed by atoms with van der Waals surface area (Å²) in [6.45, 7) is 1.93. The molecule has 24 heavy (non-hydrogen) atoms. The van der Waals surface area contributed by atoms with Gasteiger partial charge in [-0.05, 0) is 19.1 Å². The Bertz CT molecular complexity index is 700. The fourth-order valence-electron chi connectivity index (χ4n) is 2.57. The molecule has 0 saturated heterocycles. The molecule has 0 heterocycles. The zero-order valence-corrected chi connectivity index (χ0v) is 14.5. The van der Waals surface area contributed by atoms with Crippen molar-refractivity contribution in [1.29, 1.82) is 0 Å². The molecule has 1 unspecified atom stereocenters. The first-order valence-corrected chi connectivity index (χ1v) is 7.72. The Kier molecular flexibility index (Phi) is 6.07. The van der Waals surface area contributed by atoms with Crippen molar-refractivity contribution in [1.82, 2.24) is 5.32 Å². The maximum absolute atomic E-state index is 12.4. The van der Waals surface area contributed by atoms with Crippen LogP contribution >= 0.6 is 0 Å². The fraction of sp³-hybridized carbons (Fsp3) is 0.316. The van der Waals surface area contributed by atoms with Gasteiger partial charge in [-0.25, -0.2) is 0 Å². The summed E-state index contributed by atoms with van der Waals surface area (Å²) < 4.78 is 15.8. The molecule has 0 saturated carbocycles. The molecule has 1 amide bonds. The molecule has 5 heteroatoms. The van der Waals surface area contributed by atoms with Gasteiger partial charge >= 0.3 is 0 Å². The second-order valence-corrected chi connectivity index (χ2v) is 5.39. The number of hydrogen-bond acceptors (Lipinski definition) is 4. The quantitative estimate of drug-likeness (QED) is 0.848. The van der Waals surface area contributed by atoms with Crippen LogP contribution in [0.3, 0.4) is 0 Å². The lowest BCUT2D eigenvalue weighted by molar-refractivity contribution is -0.121. The minimum Gasteiger partial charge on any atom is -0.497 e. The zero-order valence-electron chi connectivity index (χ0n) is 14.5. The number of methoxy groups -OCH3 is 3. The number of amides is 1. The van der Waals surface area contributed by atoms with E-state index in [0.29, 0.717) is 11.5 Å². The van der Waals surface area contributed by atoms with E-state index in [-0.39, 0.29) is 18.4 Å². The van der Waals surface area contributed by atoms with Crippen LogP contribution in [0, 0.1) is 0 Å². The van der Waals surface area contributed by atoms with Crippen LogP contribution in [0.1, 0.15) is 24.1 Å². The van der Waals surface area contributed by atoms with Gasteiger partial charge in [0.1, 0.15) is 17.2 Å². The van der Waals surface area contributed by atoms with E-state index in [2.05, 4.69) is 5.32 Å². The minimum atomic E-state index is -0.155. The largest absolute Gasteiger partial charge is 0.497 e. The van der Waals surface area contributed by atoms with E-state index in [1.807, 2.05) is 43.3 Å². The summed E-state index contributed by atoms with van der Waals surface area (Å²) in [7, 11) is 4.79. The van der Waals surface area contributed by atoms with Crippen molar-refractivity contribution in [3.63, 3.8) is 0 Å². The molecule has 1 atom stereocenters. The van der Waals surface area contributed by atoms with E-state index in [1.165, 1.54) is 0 Å².